The van der Waals surface area contributed by atoms with Crippen LogP contribution >= 0.6 is 0 Å². The molecule has 0 aromatic heterocycles. The van der Waals surface area contributed by atoms with Gasteiger partial charge in [-0.05, 0) is 0 Å². The summed E-state index contributed by atoms with van der Waals surface area (Å²) in [5.74, 6) is 0.475. The summed E-state index contributed by atoms with van der Waals surface area (Å²) in [4.78, 5) is 0. The topological polar surface area (TPSA) is 0 Å². The van der Waals surface area contributed by atoms with Crippen LogP contribution < -0.4 is 24.8 Å². The van der Waals surface area contributed by atoms with Crippen LogP contribution in [0.15, 0.2) is 115 Å². The maximum Gasteiger partial charge on any atom is -1.00 e. The van der Waals surface area contributed by atoms with Crippen molar-refractivity contribution in [3.8, 4) is 11.1 Å². The summed E-state index contributed by atoms with van der Waals surface area (Å²) in [7, 11) is 0. The van der Waals surface area contributed by atoms with Crippen LogP contribution in [0, 0.1) is 5.92 Å². The molecule has 46 heavy (non-hydrogen) atoms. The van der Waals surface area contributed by atoms with Gasteiger partial charge >= 0.3 is 272 Å². The number of fused-ring (bicyclic) bond motifs is 5. The molecular formula is C43H40Cl2Zr. The number of hydrogen-bond acceptors (Lipinski definition) is 0. The first-order valence-corrected chi connectivity index (χ1v) is 19.8. The van der Waals surface area contributed by atoms with Crippen LogP contribution in [0.25, 0.3) is 23.3 Å². The Hall–Kier alpha value is -2.83. The van der Waals surface area contributed by atoms with Crippen molar-refractivity contribution in [3.63, 3.8) is 0 Å². The van der Waals surface area contributed by atoms with Crippen LogP contribution in [0.4, 0.5) is 0 Å². The molecule has 3 heteroatoms. The normalized spacial score (nSPS) is 18.5. The van der Waals surface area contributed by atoms with Crippen molar-refractivity contribution < 1.29 is 46.1 Å². The van der Waals surface area contributed by atoms with Gasteiger partial charge in [-0.2, -0.15) is 0 Å². The van der Waals surface area contributed by atoms with Gasteiger partial charge in [0.25, 0.3) is 0 Å². The van der Waals surface area contributed by atoms with E-state index in [0.29, 0.717) is 5.92 Å². The Morgan fingerprint density at radius 2 is 1.28 bits per heavy atom. The van der Waals surface area contributed by atoms with E-state index >= 15 is 0 Å². The maximum absolute atomic E-state index is 2.70. The summed E-state index contributed by atoms with van der Waals surface area (Å²) in [6.07, 6.45) is 13.4. The van der Waals surface area contributed by atoms with Crippen molar-refractivity contribution >= 4 is 15.4 Å². The van der Waals surface area contributed by atoms with E-state index in [-0.39, 0.29) is 35.6 Å². The molecule has 0 radical (unpaired) electrons. The van der Waals surface area contributed by atoms with Gasteiger partial charge in [0, 0.05) is 0 Å². The van der Waals surface area contributed by atoms with Crippen molar-refractivity contribution in [2.45, 2.75) is 58.8 Å². The molecule has 0 bridgehead atoms. The SMILES string of the molecule is CC1=CC(C)[C]([Zr+2]([C]2=Cc3cc4c(cc3C2(C)C)Cc2cc3c(cc2-4)C=CC3(C)C)=[C](c2ccccc2)c2ccccc2)=C1.[Cl-].[Cl-]. The van der Waals surface area contributed by atoms with Crippen LogP contribution in [-0.4, -0.2) is 3.21 Å². The average Bonchev–Trinajstić information content (AvgIpc) is 3.70. The van der Waals surface area contributed by atoms with E-state index < -0.39 is 21.3 Å². The molecule has 4 aliphatic rings. The van der Waals surface area contributed by atoms with Gasteiger partial charge in [-0.3, -0.25) is 0 Å². The third-order valence-corrected chi connectivity index (χ3v) is 19.3. The molecule has 0 heterocycles. The number of hydrogen-bond donors (Lipinski definition) is 0. The first-order chi connectivity index (χ1) is 21.1. The van der Waals surface area contributed by atoms with Crippen LogP contribution in [0.5, 0.6) is 0 Å². The standard InChI is InChI=1S/C23H21.C13H10.C7H9.2ClH.Zr/c1-22(2)7-5-14-10-18-16(12-20(14)22)9-17-13-21-15(11-19(17)18)6-8-23(21,3)4;1-3-7-12(8-4-1)11-13-9-5-2-6-10-13;1-6-3-4-7(2)5-6;;;/h5-7,10-13H,9H2,1-4H3;1-10H;3,5,7H,1-2H3;2*1H;/q;;;;;+2/p-2. The smallest absolute Gasteiger partial charge is 1.00 e. The monoisotopic (exact) mass is 716 g/mol. The molecule has 1 unspecified atom stereocenters. The maximum atomic E-state index is 2.64. The molecule has 0 amide bonds. The van der Waals surface area contributed by atoms with Gasteiger partial charge < -0.3 is 24.8 Å². The number of rotatable bonds is 4. The third kappa shape index (κ3) is 5.19. The molecule has 4 aromatic rings. The molecule has 0 saturated carbocycles. The fourth-order valence-corrected chi connectivity index (χ4v) is 17.5. The van der Waals surface area contributed by atoms with Crippen molar-refractivity contribution in [2.75, 3.05) is 0 Å². The van der Waals surface area contributed by atoms with Gasteiger partial charge in [0.15, 0.2) is 0 Å². The third-order valence-electron chi connectivity index (χ3n) is 10.6. The van der Waals surface area contributed by atoms with E-state index in [2.05, 4.69) is 157 Å². The second-order valence-corrected chi connectivity index (χ2v) is 20.2. The summed E-state index contributed by atoms with van der Waals surface area (Å²) in [5, 5.41) is 0. The minimum atomic E-state index is -2.70. The average molecular weight is 719 g/mol. The van der Waals surface area contributed by atoms with Crippen molar-refractivity contribution in [1.29, 1.82) is 0 Å². The Morgan fingerprint density at radius 1 is 0.717 bits per heavy atom. The van der Waals surface area contributed by atoms with Gasteiger partial charge in [0.2, 0.25) is 0 Å². The fourth-order valence-electron chi connectivity index (χ4n) is 8.24. The van der Waals surface area contributed by atoms with E-state index in [0.717, 1.165) is 6.42 Å². The second kappa shape index (κ2) is 12.0. The van der Waals surface area contributed by atoms with Gasteiger partial charge in [0.05, 0.1) is 0 Å². The second-order valence-electron chi connectivity index (χ2n) is 14.4. The number of benzene rings is 4. The molecule has 0 spiro atoms. The molecule has 230 valence electrons. The number of allylic oxidation sites excluding steroid dienone is 6. The first kappa shape index (κ1) is 33.1. The molecule has 4 aliphatic carbocycles. The van der Waals surface area contributed by atoms with Crippen LogP contribution in [0.1, 0.15) is 86.1 Å². The quantitative estimate of drug-likeness (QED) is 0.256. The Bertz CT molecular complexity index is 1990. The zero-order chi connectivity index (χ0) is 30.4. The number of halogens is 2. The molecule has 0 fully saturated rings. The molecule has 0 aliphatic heterocycles. The minimum absolute atomic E-state index is 0. The fraction of sp³-hybridized carbons (Fsp3) is 0.233. The van der Waals surface area contributed by atoms with Gasteiger partial charge in [-0.15, -0.1) is 0 Å². The molecular weight excluding hydrogens is 679 g/mol. The van der Waals surface area contributed by atoms with Gasteiger partial charge in [-0.1, -0.05) is 0 Å². The zero-order valence-electron chi connectivity index (χ0n) is 27.5. The summed E-state index contributed by atoms with van der Waals surface area (Å²) < 4.78 is 4.99. The Balaban J connectivity index is 0.00000186. The molecule has 4 aromatic carbocycles. The van der Waals surface area contributed by atoms with Crippen LogP contribution in [0.3, 0.4) is 0 Å². The minimum Gasteiger partial charge on any atom is -1.00 e. The van der Waals surface area contributed by atoms with Crippen molar-refractivity contribution in [3.05, 3.63) is 160 Å². The van der Waals surface area contributed by atoms with Crippen molar-refractivity contribution in [1.82, 2.24) is 0 Å². The Morgan fingerprint density at radius 3 is 1.85 bits per heavy atom. The zero-order valence-corrected chi connectivity index (χ0v) is 31.5. The Labute approximate surface area is 295 Å². The van der Waals surface area contributed by atoms with Gasteiger partial charge in [0.1, 0.15) is 0 Å². The van der Waals surface area contributed by atoms with Crippen LogP contribution in [0.2, 0.25) is 0 Å². The molecule has 0 N–H and O–H groups in total. The molecule has 0 saturated heterocycles. The predicted octanol–water partition coefficient (Wildman–Crippen LogP) is 4.57. The van der Waals surface area contributed by atoms with E-state index in [1.165, 1.54) is 61.2 Å². The Kier molecular flexibility index (Phi) is 8.63. The summed E-state index contributed by atoms with van der Waals surface area (Å²) in [6, 6.07) is 32.6. The summed E-state index contributed by atoms with van der Waals surface area (Å²) >= 11 is -2.70. The summed E-state index contributed by atoms with van der Waals surface area (Å²) in [6.45, 7) is 14.4. The molecule has 0 nitrogen and oxygen atoms in total. The van der Waals surface area contributed by atoms with E-state index in [4.69, 9.17) is 0 Å². The molecule has 8 rings (SSSR count). The van der Waals surface area contributed by atoms with Gasteiger partial charge in [-0.25, -0.2) is 0 Å². The van der Waals surface area contributed by atoms with E-state index in [9.17, 15) is 0 Å². The summed E-state index contributed by atoms with van der Waals surface area (Å²) in [5.41, 5.74) is 16.0. The van der Waals surface area contributed by atoms with Crippen LogP contribution in [-0.2, 0) is 38.5 Å². The molecule has 1 atom stereocenters. The van der Waals surface area contributed by atoms with Crippen molar-refractivity contribution in [2.24, 2.45) is 5.92 Å². The first-order valence-electron chi connectivity index (χ1n) is 16.1. The van der Waals surface area contributed by atoms with E-state index in [1.807, 2.05) is 0 Å². The van der Waals surface area contributed by atoms with E-state index in [1.54, 1.807) is 9.77 Å². The predicted molar refractivity (Wildman–Crippen MR) is 185 cm³/mol. The largest absolute Gasteiger partial charge is 1.00 e.